The molecule has 3 heteroatoms. The van der Waals surface area contributed by atoms with Gasteiger partial charge in [-0.05, 0) is 43.2 Å². The van der Waals surface area contributed by atoms with Crippen molar-refractivity contribution in [1.29, 1.82) is 0 Å². The van der Waals surface area contributed by atoms with Gasteiger partial charge in [0.2, 0.25) is 0 Å². The molecule has 2 bridgehead atoms. The Morgan fingerprint density at radius 2 is 2.31 bits per heavy atom. The quantitative estimate of drug-likeness (QED) is 0.821. The van der Waals surface area contributed by atoms with Crippen LogP contribution < -0.4 is 5.32 Å². The van der Waals surface area contributed by atoms with Crippen LogP contribution in [-0.4, -0.2) is 16.9 Å². The number of hydrogen-bond acceptors (Lipinski definition) is 2. The molecule has 1 heterocycles. The van der Waals surface area contributed by atoms with E-state index in [4.69, 9.17) is 0 Å². The molecule has 1 aromatic heterocycles. The Balaban J connectivity index is 1.65. The molecule has 3 nitrogen and oxygen atoms in total. The fraction of sp³-hybridized carbons (Fsp3) is 0.538. The largest absolute Gasteiger partial charge is 0.349 e. The number of carbonyl (C=O) groups excluding carboxylic acids is 1. The topological polar surface area (TPSA) is 42.0 Å². The van der Waals surface area contributed by atoms with E-state index in [1.165, 1.54) is 25.7 Å². The second kappa shape index (κ2) is 3.89. The third kappa shape index (κ3) is 1.70. The summed E-state index contributed by atoms with van der Waals surface area (Å²) in [6.45, 7) is 0. The molecule has 84 valence electrons. The highest BCUT2D eigenvalue weighted by atomic mass is 16.1. The molecule has 1 amide bonds. The summed E-state index contributed by atoms with van der Waals surface area (Å²) in [7, 11) is 0. The van der Waals surface area contributed by atoms with Crippen LogP contribution in [0, 0.1) is 11.8 Å². The van der Waals surface area contributed by atoms with Gasteiger partial charge in [-0.3, -0.25) is 9.78 Å². The lowest BCUT2D eigenvalue weighted by Crippen LogP contribution is -2.38. The Morgan fingerprint density at radius 3 is 2.94 bits per heavy atom. The third-order valence-corrected chi connectivity index (χ3v) is 3.98. The van der Waals surface area contributed by atoms with Crippen molar-refractivity contribution in [2.75, 3.05) is 0 Å². The van der Waals surface area contributed by atoms with Crippen LogP contribution in [0.1, 0.15) is 36.0 Å². The molecule has 2 saturated carbocycles. The van der Waals surface area contributed by atoms with Gasteiger partial charge in [-0.25, -0.2) is 0 Å². The summed E-state index contributed by atoms with van der Waals surface area (Å²) in [5.41, 5.74) is 0.672. The Hall–Kier alpha value is -1.38. The first-order valence-electron chi connectivity index (χ1n) is 6.04. The maximum atomic E-state index is 11.9. The first kappa shape index (κ1) is 9.82. The van der Waals surface area contributed by atoms with Crippen LogP contribution in [0.15, 0.2) is 24.5 Å². The number of hydrogen-bond donors (Lipinski definition) is 1. The van der Waals surface area contributed by atoms with Crippen LogP contribution in [0.2, 0.25) is 0 Å². The van der Waals surface area contributed by atoms with Crippen LogP contribution >= 0.6 is 0 Å². The summed E-state index contributed by atoms with van der Waals surface area (Å²) in [4.78, 5) is 15.9. The summed E-state index contributed by atoms with van der Waals surface area (Å²) in [6, 6.07) is 4.03. The first-order valence-corrected chi connectivity index (χ1v) is 6.04. The second-order valence-electron chi connectivity index (χ2n) is 5.00. The van der Waals surface area contributed by atoms with Crippen molar-refractivity contribution in [3.63, 3.8) is 0 Å². The molecule has 2 aliphatic rings. The predicted octanol–water partition coefficient (Wildman–Crippen LogP) is 2.00. The molecule has 3 atom stereocenters. The lowest BCUT2D eigenvalue weighted by Gasteiger charge is -2.22. The molecule has 0 saturated heterocycles. The van der Waals surface area contributed by atoms with Crippen LogP contribution in [0.3, 0.4) is 0 Å². The molecule has 0 unspecified atom stereocenters. The van der Waals surface area contributed by atoms with Gasteiger partial charge >= 0.3 is 0 Å². The maximum Gasteiger partial charge on any atom is 0.253 e. The van der Waals surface area contributed by atoms with Gasteiger partial charge in [-0.2, -0.15) is 0 Å². The van der Waals surface area contributed by atoms with Gasteiger partial charge < -0.3 is 5.32 Å². The zero-order valence-electron chi connectivity index (χ0n) is 9.23. The fourth-order valence-electron chi connectivity index (χ4n) is 3.17. The van der Waals surface area contributed by atoms with Crippen molar-refractivity contribution < 1.29 is 4.79 Å². The van der Waals surface area contributed by atoms with Crippen LogP contribution in [0.25, 0.3) is 0 Å². The Morgan fingerprint density at radius 1 is 1.38 bits per heavy atom. The van der Waals surface area contributed by atoms with Gasteiger partial charge in [-0.15, -0.1) is 0 Å². The average Bonchev–Trinajstić information content (AvgIpc) is 2.92. The third-order valence-electron chi connectivity index (χ3n) is 3.98. The number of nitrogens with one attached hydrogen (secondary N) is 1. The fourth-order valence-corrected chi connectivity index (χ4v) is 3.17. The number of nitrogens with zero attached hydrogens (tertiary/aromatic N) is 1. The molecule has 1 N–H and O–H groups in total. The Kier molecular flexibility index (Phi) is 2.39. The molecule has 0 aromatic carbocycles. The van der Waals surface area contributed by atoms with Crippen LogP contribution in [0.4, 0.5) is 0 Å². The number of rotatable bonds is 2. The normalized spacial score (nSPS) is 31.6. The van der Waals surface area contributed by atoms with Crippen molar-refractivity contribution >= 4 is 5.91 Å². The average molecular weight is 216 g/mol. The number of amides is 1. The van der Waals surface area contributed by atoms with Crippen molar-refractivity contribution in [3.05, 3.63) is 30.1 Å². The summed E-state index contributed by atoms with van der Waals surface area (Å²) < 4.78 is 0. The zero-order valence-corrected chi connectivity index (χ0v) is 9.23. The standard InChI is InChI=1S/C13H16N2O/c16-13(11-2-1-5-14-8-11)15-12-7-9-3-4-10(12)6-9/h1-2,5,8-10,12H,3-4,6-7H2,(H,15,16)/t9-,10+,12+/m0/s1. The highest BCUT2D eigenvalue weighted by Crippen LogP contribution is 2.44. The summed E-state index contributed by atoms with van der Waals surface area (Å²) in [5.74, 6) is 1.63. The van der Waals surface area contributed by atoms with Gasteiger partial charge in [0.25, 0.3) is 5.91 Å². The molecule has 3 rings (SSSR count). The van der Waals surface area contributed by atoms with E-state index >= 15 is 0 Å². The number of carbonyl (C=O) groups is 1. The molecule has 2 aliphatic carbocycles. The molecule has 0 aliphatic heterocycles. The van der Waals surface area contributed by atoms with Gasteiger partial charge in [0.05, 0.1) is 5.56 Å². The highest BCUT2D eigenvalue weighted by molar-refractivity contribution is 5.94. The number of aromatic nitrogens is 1. The van der Waals surface area contributed by atoms with Gasteiger partial charge in [0, 0.05) is 18.4 Å². The minimum atomic E-state index is 0.0330. The van der Waals surface area contributed by atoms with E-state index in [-0.39, 0.29) is 5.91 Å². The van der Waals surface area contributed by atoms with Gasteiger partial charge in [0.1, 0.15) is 0 Å². The maximum absolute atomic E-state index is 11.9. The zero-order chi connectivity index (χ0) is 11.0. The molecular formula is C13H16N2O. The van der Waals surface area contributed by atoms with Crippen molar-refractivity contribution in [3.8, 4) is 0 Å². The van der Waals surface area contributed by atoms with Crippen molar-refractivity contribution in [2.24, 2.45) is 11.8 Å². The van der Waals surface area contributed by atoms with Crippen molar-refractivity contribution in [1.82, 2.24) is 10.3 Å². The monoisotopic (exact) mass is 216 g/mol. The van der Waals surface area contributed by atoms with E-state index in [1.54, 1.807) is 18.5 Å². The van der Waals surface area contributed by atoms with Gasteiger partial charge in [-0.1, -0.05) is 6.42 Å². The molecule has 1 aromatic rings. The Labute approximate surface area is 95.3 Å². The predicted molar refractivity (Wildman–Crippen MR) is 60.9 cm³/mol. The van der Waals surface area contributed by atoms with E-state index in [2.05, 4.69) is 10.3 Å². The van der Waals surface area contributed by atoms with E-state index in [0.717, 1.165) is 11.8 Å². The lowest BCUT2D eigenvalue weighted by molar-refractivity contribution is 0.0922. The first-order chi connectivity index (χ1) is 7.83. The minimum Gasteiger partial charge on any atom is -0.349 e. The van der Waals surface area contributed by atoms with Crippen LogP contribution in [0.5, 0.6) is 0 Å². The summed E-state index contributed by atoms with van der Waals surface area (Å²) in [6.07, 6.45) is 8.47. The van der Waals surface area contributed by atoms with E-state index in [0.29, 0.717) is 11.6 Å². The molecule has 16 heavy (non-hydrogen) atoms. The van der Waals surface area contributed by atoms with E-state index < -0.39 is 0 Å². The molecule has 0 spiro atoms. The van der Waals surface area contributed by atoms with Crippen molar-refractivity contribution in [2.45, 2.75) is 31.7 Å². The molecule has 0 radical (unpaired) electrons. The minimum absolute atomic E-state index is 0.0330. The molecule has 2 fully saturated rings. The number of fused-ring (bicyclic) bond motifs is 2. The lowest BCUT2D eigenvalue weighted by atomic mass is 9.95. The summed E-state index contributed by atoms with van der Waals surface area (Å²) in [5, 5.41) is 3.15. The number of pyridine rings is 1. The van der Waals surface area contributed by atoms with E-state index in [1.807, 2.05) is 6.07 Å². The van der Waals surface area contributed by atoms with Gasteiger partial charge in [0.15, 0.2) is 0 Å². The second-order valence-corrected chi connectivity index (χ2v) is 5.00. The Bertz CT molecular complexity index is 390. The highest BCUT2D eigenvalue weighted by Gasteiger charge is 2.40. The summed E-state index contributed by atoms with van der Waals surface area (Å²) >= 11 is 0. The van der Waals surface area contributed by atoms with E-state index in [9.17, 15) is 4.79 Å². The van der Waals surface area contributed by atoms with Crippen LogP contribution in [-0.2, 0) is 0 Å². The SMILES string of the molecule is O=C(N[C@@H]1C[C@H]2CC[C@@H]1C2)c1cccnc1. The smallest absolute Gasteiger partial charge is 0.253 e. The molecular weight excluding hydrogens is 200 g/mol.